The average molecular weight is 602 g/mol. The van der Waals surface area contributed by atoms with E-state index < -0.39 is 65.2 Å². The number of alkyl halides is 2. The highest BCUT2D eigenvalue weighted by molar-refractivity contribution is 5.89. The molecule has 6 atom stereocenters. The fourth-order valence-corrected chi connectivity index (χ4v) is 6.33. The molecule has 3 heterocycles. The fraction of sp³-hybridized carbons (Fsp3) is 0.625. The maximum Gasteiger partial charge on any atom is 0.408 e. The number of methoxy groups -OCH3 is 1. The normalized spacial score (nSPS) is 31.4. The number of alkyl carbamates (subject to hydrolysis) is 1. The Labute approximate surface area is 250 Å². The molecule has 0 spiro atoms. The molecule has 1 saturated heterocycles. The number of hydrogen-bond donors (Lipinski definition) is 1. The second-order valence-corrected chi connectivity index (χ2v) is 13.5. The molecule has 1 saturated carbocycles. The van der Waals surface area contributed by atoms with E-state index >= 15 is 8.78 Å². The van der Waals surface area contributed by atoms with Crippen LogP contribution in [-0.4, -0.2) is 65.6 Å². The van der Waals surface area contributed by atoms with Crippen LogP contribution in [0.4, 0.5) is 13.6 Å². The molecule has 1 N–H and O–H groups in total. The number of nitrogens with one attached hydrogen (secondary N) is 1. The Morgan fingerprint density at radius 3 is 2.60 bits per heavy atom. The molecule has 1 aliphatic carbocycles. The van der Waals surface area contributed by atoms with Gasteiger partial charge >= 0.3 is 6.09 Å². The first-order valence-corrected chi connectivity index (χ1v) is 15.0. The van der Waals surface area contributed by atoms with Crippen LogP contribution in [0, 0.1) is 17.3 Å². The van der Waals surface area contributed by atoms with Crippen molar-refractivity contribution in [2.75, 3.05) is 13.7 Å². The highest BCUT2D eigenvalue weighted by Crippen LogP contribution is 2.50. The van der Waals surface area contributed by atoms with E-state index in [9.17, 15) is 14.4 Å². The lowest BCUT2D eigenvalue weighted by Crippen LogP contribution is -2.56. The molecule has 2 aromatic rings. The summed E-state index contributed by atoms with van der Waals surface area (Å²) in [5.41, 5.74) is -1.52. The van der Waals surface area contributed by atoms with Crippen molar-refractivity contribution in [3.8, 4) is 11.5 Å². The molecule has 43 heavy (non-hydrogen) atoms. The minimum absolute atomic E-state index is 0.0341. The summed E-state index contributed by atoms with van der Waals surface area (Å²) >= 11 is 0. The van der Waals surface area contributed by atoms with Gasteiger partial charge in [0.1, 0.15) is 35.5 Å². The number of pyridine rings is 1. The van der Waals surface area contributed by atoms with Gasteiger partial charge in [0.05, 0.1) is 25.2 Å². The molecule has 1 aromatic heterocycles. The summed E-state index contributed by atoms with van der Waals surface area (Å²) in [5, 5.41) is 3.32. The number of ether oxygens (including phenoxy) is 3. The molecule has 9 nitrogen and oxygen atoms in total. The van der Waals surface area contributed by atoms with Crippen molar-refractivity contribution in [3.05, 3.63) is 30.0 Å². The van der Waals surface area contributed by atoms with E-state index in [4.69, 9.17) is 14.2 Å². The molecule has 11 heteroatoms. The summed E-state index contributed by atoms with van der Waals surface area (Å²) in [6, 6.07) is 4.64. The average Bonchev–Trinajstić information content (AvgIpc) is 3.46. The summed E-state index contributed by atoms with van der Waals surface area (Å²) in [6.07, 6.45) is 0.766. The number of fused-ring (bicyclic) bond motifs is 5. The van der Waals surface area contributed by atoms with Crippen molar-refractivity contribution in [1.82, 2.24) is 15.2 Å². The van der Waals surface area contributed by atoms with Crippen LogP contribution in [0.25, 0.3) is 10.9 Å². The van der Waals surface area contributed by atoms with Gasteiger partial charge in [-0.2, -0.15) is 8.78 Å². The van der Waals surface area contributed by atoms with E-state index in [1.807, 2.05) is 27.7 Å². The van der Waals surface area contributed by atoms with Crippen molar-refractivity contribution < 1.29 is 37.4 Å². The minimum Gasteiger partial charge on any atom is -0.497 e. The number of carbonyl (C=O) groups is 3. The van der Waals surface area contributed by atoms with E-state index in [-0.39, 0.29) is 24.6 Å². The number of aldehydes is 1. The molecule has 2 bridgehead atoms. The number of benzene rings is 1. The van der Waals surface area contributed by atoms with Crippen molar-refractivity contribution in [1.29, 1.82) is 0 Å². The molecule has 2 fully saturated rings. The number of hydrogen-bond acceptors (Lipinski definition) is 7. The smallest absolute Gasteiger partial charge is 0.408 e. The minimum atomic E-state index is -3.29. The summed E-state index contributed by atoms with van der Waals surface area (Å²) in [6.45, 7) is 8.98. The molecule has 0 radical (unpaired) electrons. The second-order valence-electron chi connectivity index (χ2n) is 13.5. The van der Waals surface area contributed by atoms with Gasteiger partial charge in [-0.25, -0.2) is 9.78 Å². The van der Waals surface area contributed by atoms with Gasteiger partial charge in [0.15, 0.2) is 5.69 Å². The summed E-state index contributed by atoms with van der Waals surface area (Å²) in [7, 11) is 1.52. The predicted molar refractivity (Wildman–Crippen MR) is 155 cm³/mol. The van der Waals surface area contributed by atoms with Crippen LogP contribution in [0.5, 0.6) is 11.5 Å². The number of carbonyl (C=O) groups excluding carboxylic acids is 3. The van der Waals surface area contributed by atoms with Gasteiger partial charge in [0, 0.05) is 23.6 Å². The molecule has 234 valence electrons. The van der Waals surface area contributed by atoms with Crippen LogP contribution in [0.1, 0.15) is 72.4 Å². The van der Waals surface area contributed by atoms with Crippen molar-refractivity contribution in [3.63, 3.8) is 0 Å². The number of rotatable bonds is 2. The van der Waals surface area contributed by atoms with Gasteiger partial charge < -0.3 is 29.2 Å². The van der Waals surface area contributed by atoms with Gasteiger partial charge in [0.2, 0.25) is 5.91 Å². The van der Waals surface area contributed by atoms with Gasteiger partial charge in [0.25, 0.3) is 5.92 Å². The lowest BCUT2D eigenvalue weighted by molar-refractivity contribution is -0.139. The molecule has 2 amide bonds. The van der Waals surface area contributed by atoms with E-state index in [1.165, 1.54) is 18.1 Å². The zero-order valence-corrected chi connectivity index (χ0v) is 25.6. The third kappa shape index (κ3) is 6.13. The van der Waals surface area contributed by atoms with E-state index in [2.05, 4.69) is 10.3 Å². The summed E-state index contributed by atoms with van der Waals surface area (Å²) in [4.78, 5) is 45.0. The molecule has 0 unspecified atom stereocenters. The van der Waals surface area contributed by atoms with Crippen LogP contribution >= 0.6 is 0 Å². The highest BCUT2D eigenvalue weighted by atomic mass is 19.3. The molecule has 1 aromatic carbocycles. The second kappa shape index (κ2) is 11.2. The third-order valence-electron chi connectivity index (χ3n) is 9.25. The molecule has 2 aliphatic heterocycles. The molecular formula is C32H41F2N3O6. The number of halogens is 2. The van der Waals surface area contributed by atoms with Crippen molar-refractivity contribution >= 4 is 29.2 Å². The van der Waals surface area contributed by atoms with Crippen LogP contribution in [0.3, 0.4) is 0 Å². The molecule has 3 aliphatic rings. The summed E-state index contributed by atoms with van der Waals surface area (Å²) in [5.74, 6) is -3.79. The SMILES string of the molecule is COc1ccc2nc3c(cc2c1)O[C@H]1CN(C(=O)[C@H](C(C)(C)C)NC(=O)O[C@]2(C)C[C@H]2CCCCC3(F)F)[C@H](C=O)[C@@H]1C. The van der Waals surface area contributed by atoms with Gasteiger partial charge in [-0.1, -0.05) is 34.1 Å². The summed E-state index contributed by atoms with van der Waals surface area (Å²) < 4.78 is 49.1. The van der Waals surface area contributed by atoms with E-state index in [0.717, 1.165) is 0 Å². The van der Waals surface area contributed by atoms with Gasteiger partial charge in [-0.15, -0.1) is 0 Å². The maximum absolute atomic E-state index is 15.9. The first-order valence-electron chi connectivity index (χ1n) is 15.0. The largest absolute Gasteiger partial charge is 0.497 e. The Kier molecular flexibility index (Phi) is 8.07. The van der Waals surface area contributed by atoms with Crippen LogP contribution in [-0.2, 0) is 20.2 Å². The number of aromatic nitrogens is 1. The lowest BCUT2D eigenvalue weighted by atomic mass is 9.85. The lowest BCUT2D eigenvalue weighted by Gasteiger charge is -2.35. The standard InChI is InChI=1S/C32H41F2N3O6/c1-18-23(17-38)37-16-25(18)42-24-14-19-13-21(41-6)10-11-22(19)35-26(24)32(33,34)12-8-7-9-20-15-31(20,5)43-29(40)36-27(28(37)39)30(2,3)4/h10-11,13-14,17-18,20,23,25,27H,7-9,12,15-16H2,1-6H3,(H,36,40)/t18-,20+,23+,25-,27+,31+/m0/s1. The highest BCUT2D eigenvalue weighted by Gasteiger charge is 2.54. The van der Waals surface area contributed by atoms with E-state index in [1.54, 1.807) is 25.1 Å². The van der Waals surface area contributed by atoms with Crippen molar-refractivity contribution in [2.24, 2.45) is 17.3 Å². The third-order valence-corrected chi connectivity index (χ3v) is 9.25. The monoisotopic (exact) mass is 601 g/mol. The molecular weight excluding hydrogens is 560 g/mol. The number of amides is 2. The topological polar surface area (TPSA) is 107 Å². The zero-order valence-electron chi connectivity index (χ0n) is 25.6. The Hall–Kier alpha value is -3.50. The van der Waals surface area contributed by atoms with Crippen LogP contribution in [0.15, 0.2) is 24.3 Å². The van der Waals surface area contributed by atoms with Crippen LogP contribution < -0.4 is 14.8 Å². The Bertz CT molecular complexity index is 1410. The maximum atomic E-state index is 15.9. The predicted octanol–water partition coefficient (Wildman–Crippen LogP) is 5.62. The quantitative estimate of drug-likeness (QED) is 0.445. The Morgan fingerprint density at radius 1 is 1.19 bits per heavy atom. The fourth-order valence-electron chi connectivity index (χ4n) is 6.33. The molecule has 5 rings (SSSR count). The first-order chi connectivity index (χ1) is 20.2. The first kappa shape index (κ1) is 30.9. The number of nitrogens with zero attached hydrogens (tertiary/aromatic N) is 2. The Morgan fingerprint density at radius 2 is 1.93 bits per heavy atom. The Balaban J connectivity index is 1.56. The van der Waals surface area contributed by atoms with Gasteiger partial charge in [-0.05, 0) is 55.9 Å². The van der Waals surface area contributed by atoms with Crippen molar-refractivity contribution in [2.45, 2.75) is 96.4 Å². The van der Waals surface area contributed by atoms with Gasteiger partial charge in [-0.3, -0.25) is 4.79 Å². The van der Waals surface area contributed by atoms with Crippen LogP contribution in [0.2, 0.25) is 0 Å². The zero-order chi connectivity index (χ0) is 31.3. The van der Waals surface area contributed by atoms with E-state index in [0.29, 0.717) is 42.2 Å².